The number of hydrogen-bond donors (Lipinski definition) is 2. The van der Waals surface area contributed by atoms with E-state index < -0.39 is 12.2 Å². The number of carbonyl (C=O) groups is 1. The van der Waals surface area contributed by atoms with Gasteiger partial charge in [-0.2, -0.15) is 0 Å². The zero-order chi connectivity index (χ0) is 8.97. The summed E-state index contributed by atoms with van der Waals surface area (Å²) in [5, 5.41) is 11.8. The molecule has 0 saturated carbocycles. The van der Waals surface area contributed by atoms with Gasteiger partial charge in [0.1, 0.15) is 0 Å². The van der Waals surface area contributed by atoms with Crippen molar-refractivity contribution in [3.05, 3.63) is 11.8 Å². The molecule has 0 radical (unpaired) electrons. The predicted octanol–water partition coefficient (Wildman–Crippen LogP) is 0.771. The van der Waals surface area contributed by atoms with Crippen LogP contribution in [0.2, 0.25) is 0 Å². The van der Waals surface area contributed by atoms with Crippen LogP contribution in [-0.4, -0.2) is 24.4 Å². The lowest BCUT2D eigenvalue weighted by atomic mass is 10.0. The minimum Gasteiger partial charge on any atom is -0.453 e. The number of allylic oxidation sites excluding steroid dienone is 1. The normalized spacial score (nSPS) is 22.8. The van der Waals surface area contributed by atoms with E-state index in [0.717, 1.165) is 12.8 Å². The molecule has 12 heavy (non-hydrogen) atoms. The van der Waals surface area contributed by atoms with Gasteiger partial charge in [-0.3, -0.25) is 5.32 Å². The lowest BCUT2D eigenvalue weighted by molar-refractivity contribution is 0.156. The lowest BCUT2D eigenvalue weighted by Gasteiger charge is -2.19. The molecule has 0 aromatic rings. The van der Waals surface area contributed by atoms with Gasteiger partial charge in [-0.25, -0.2) is 4.79 Å². The Labute approximate surface area is 71.2 Å². The Bertz CT molecular complexity index is 200. The minimum atomic E-state index is -0.544. The molecule has 0 aromatic heterocycles. The number of amides is 1. The van der Waals surface area contributed by atoms with Crippen LogP contribution in [-0.2, 0) is 4.74 Å². The molecule has 1 aliphatic carbocycles. The van der Waals surface area contributed by atoms with Gasteiger partial charge in [0.25, 0.3) is 0 Å². The van der Waals surface area contributed by atoms with Crippen LogP contribution in [0.3, 0.4) is 0 Å². The van der Waals surface area contributed by atoms with Crippen molar-refractivity contribution in [3.63, 3.8) is 0 Å². The Morgan fingerprint density at radius 3 is 3.17 bits per heavy atom. The summed E-state index contributed by atoms with van der Waals surface area (Å²) in [7, 11) is 1.30. The van der Waals surface area contributed by atoms with Crippen molar-refractivity contribution < 1.29 is 14.6 Å². The van der Waals surface area contributed by atoms with Crippen LogP contribution in [0.4, 0.5) is 4.79 Å². The van der Waals surface area contributed by atoms with Crippen molar-refractivity contribution in [3.8, 4) is 0 Å². The number of hydrogen-bond acceptors (Lipinski definition) is 3. The van der Waals surface area contributed by atoms with Crippen LogP contribution in [0.5, 0.6) is 0 Å². The molecule has 0 bridgehead atoms. The number of aliphatic hydroxyl groups excluding tert-OH is 1. The first-order chi connectivity index (χ1) is 5.74. The molecule has 4 nitrogen and oxygen atoms in total. The van der Waals surface area contributed by atoms with Gasteiger partial charge in [0.05, 0.1) is 13.2 Å². The summed E-state index contributed by atoms with van der Waals surface area (Å²) < 4.78 is 4.40. The number of rotatable bonds is 1. The van der Waals surface area contributed by atoms with Crippen molar-refractivity contribution in [1.29, 1.82) is 0 Å². The summed E-state index contributed by atoms with van der Waals surface area (Å²) in [4.78, 5) is 10.7. The maximum atomic E-state index is 10.7. The molecular weight excluding hydrogens is 158 g/mol. The molecule has 1 unspecified atom stereocenters. The molecule has 0 aliphatic heterocycles. The summed E-state index contributed by atoms with van der Waals surface area (Å²) in [6.45, 7) is 0. The van der Waals surface area contributed by atoms with E-state index in [2.05, 4.69) is 10.1 Å². The zero-order valence-electron chi connectivity index (χ0n) is 7.04. The Morgan fingerprint density at radius 2 is 2.58 bits per heavy atom. The van der Waals surface area contributed by atoms with Gasteiger partial charge >= 0.3 is 6.09 Å². The summed E-state index contributed by atoms with van der Waals surface area (Å²) >= 11 is 0. The molecule has 1 amide bonds. The van der Waals surface area contributed by atoms with E-state index in [9.17, 15) is 9.90 Å². The Balaban J connectivity index is 2.49. The average Bonchev–Trinajstić information content (AvgIpc) is 2.09. The van der Waals surface area contributed by atoms with E-state index in [-0.39, 0.29) is 0 Å². The molecule has 1 atom stereocenters. The number of methoxy groups -OCH3 is 1. The molecule has 1 aliphatic rings. The number of ether oxygens (including phenoxy) is 1. The van der Waals surface area contributed by atoms with E-state index in [1.54, 1.807) is 0 Å². The number of nitrogens with one attached hydrogen (secondary N) is 1. The van der Waals surface area contributed by atoms with Crippen LogP contribution in [0.1, 0.15) is 19.3 Å². The standard InChI is InChI=1S/C8H13NO3/c1-12-8(11)9-6-4-2-3-5-7(6)10/h4,7,10H,2-3,5H2,1H3,(H,9,11). The molecule has 0 saturated heterocycles. The molecule has 2 N–H and O–H groups in total. The first kappa shape index (κ1) is 9.06. The largest absolute Gasteiger partial charge is 0.453 e. The quantitative estimate of drug-likeness (QED) is 0.612. The van der Waals surface area contributed by atoms with Crippen molar-refractivity contribution in [2.75, 3.05) is 7.11 Å². The monoisotopic (exact) mass is 171 g/mol. The van der Waals surface area contributed by atoms with E-state index in [0.29, 0.717) is 12.1 Å². The predicted molar refractivity (Wildman–Crippen MR) is 43.5 cm³/mol. The second kappa shape index (κ2) is 4.11. The molecule has 0 heterocycles. The smallest absolute Gasteiger partial charge is 0.411 e. The third-order valence-corrected chi connectivity index (χ3v) is 1.84. The highest BCUT2D eigenvalue weighted by Crippen LogP contribution is 2.15. The minimum absolute atomic E-state index is 0.526. The Kier molecular flexibility index (Phi) is 3.10. The van der Waals surface area contributed by atoms with Gasteiger partial charge < -0.3 is 9.84 Å². The molecule has 0 spiro atoms. The van der Waals surface area contributed by atoms with Crippen LogP contribution < -0.4 is 5.32 Å². The first-order valence-electron chi connectivity index (χ1n) is 3.97. The fourth-order valence-corrected chi connectivity index (χ4v) is 1.16. The summed E-state index contributed by atoms with van der Waals surface area (Å²) in [6.07, 6.45) is 3.32. The van der Waals surface area contributed by atoms with E-state index in [1.807, 2.05) is 6.08 Å². The summed E-state index contributed by atoms with van der Waals surface area (Å²) in [5.41, 5.74) is 0.563. The highest BCUT2D eigenvalue weighted by atomic mass is 16.5. The molecule has 4 heteroatoms. The van der Waals surface area contributed by atoms with E-state index >= 15 is 0 Å². The number of alkyl carbamates (subject to hydrolysis) is 1. The first-order valence-corrected chi connectivity index (χ1v) is 3.97. The molecule has 1 rings (SSSR count). The molecular formula is C8H13NO3. The molecule has 68 valence electrons. The maximum absolute atomic E-state index is 10.7. The highest BCUT2D eigenvalue weighted by Gasteiger charge is 2.16. The van der Waals surface area contributed by atoms with Gasteiger partial charge in [-0.15, -0.1) is 0 Å². The van der Waals surface area contributed by atoms with Crippen molar-refractivity contribution >= 4 is 6.09 Å². The van der Waals surface area contributed by atoms with Crippen LogP contribution >= 0.6 is 0 Å². The Morgan fingerprint density at radius 1 is 1.83 bits per heavy atom. The van der Waals surface area contributed by atoms with E-state index in [1.165, 1.54) is 7.11 Å². The second-order valence-electron chi connectivity index (χ2n) is 2.72. The SMILES string of the molecule is COC(=O)NC1=CCCCC1O. The zero-order valence-corrected chi connectivity index (χ0v) is 7.04. The third-order valence-electron chi connectivity index (χ3n) is 1.84. The lowest BCUT2D eigenvalue weighted by Crippen LogP contribution is -2.31. The van der Waals surface area contributed by atoms with Gasteiger partial charge in [0, 0.05) is 5.70 Å². The molecule has 0 aromatic carbocycles. The van der Waals surface area contributed by atoms with Crippen molar-refractivity contribution in [2.45, 2.75) is 25.4 Å². The van der Waals surface area contributed by atoms with Crippen LogP contribution in [0.15, 0.2) is 11.8 Å². The topological polar surface area (TPSA) is 58.6 Å². The van der Waals surface area contributed by atoms with Gasteiger partial charge in [-0.05, 0) is 19.3 Å². The third kappa shape index (κ3) is 2.23. The van der Waals surface area contributed by atoms with Crippen LogP contribution in [0, 0.1) is 0 Å². The van der Waals surface area contributed by atoms with Gasteiger partial charge in [0.15, 0.2) is 0 Å². The number of carbonyl (C=O) groups excluding carboxylic acids is 1. The van der Waals surface area contributed by atoms with Crippen LogP contribution in [0.25, 0.3) is 0 Å². The van der Waals surface area contributed by atoms with Gasteiger partial charge in [-0.1, -0.05) is 6.08 Å². The number of aliphatic hydroxyl groups is 1. The van der Waals surface area contributed by atoms with Gasteiger partial charge in [0.2, 0.25) is 0 Å². The fourth-order valence-electron chi connectivity index (χ4n) is 1.16. The van der Waals surface area contributed by atoms with Crippen molar-refractivity contribution in [1.82, 2.24) is 5.32 Å². The maximum Gasteiger partial charge on any atom is 0.411 e. The summed E-state index contributed by atoms with van der Waals surface area (Å²) in [6, 6.07) is 0. The van der Waals surface area contributed by atoms with E-state index in [4.69, 9.17) is 0 Å². The fraction of sp³-hybridized carbons (Fsp3) is 0.625. The highest BCUT2D eigenvalue weighted by molar-refractivity contribution is 5.69. The Hall–Kier alpha value is -1.03. The molecule has 0 fully saturated rings. The second-order valence-corrected chi connectivity index (χ2v) is 2.72. The van der Waals surface area contributed by atoms with Crippen molar-refractivity contribution in [2.24, 2.45) is 0 Å². The average molecular weight is 171 g/mol. The summed E-state index contributed by atoms with van der Waals surface area (Å²) in [5.74, 6) is 0.